The molecule has 0 saturated heterocycles. The number of amides is 1. The summed E-state index contributed by atoms with van der Waals surface area (Å²) in [5, 5.41) is 23.0. The predicted molar refractivity (Wildman–Crippen MR) is 154 cm³/mol. The molecule has 0 bridgehead atoms. The molecule has 40 heavy (non-hydrogen) atoms. The lowest BCUT2D eigenvalue weighted by Gasteiger charge is -2.14. The van der Waals surface area contributed by atoms with E-state index in [1.807, 2.05) is 43.3 Å². The van der Waals surface area contributed by atoms with E-state index in [0.29, 0.717) is 30.8 Å². The minimum atomic E-state index is -1.03. The first-order valence-corrected chi connectivity index (χ1v) is 13.5. The molecule has 2 heterocycles. The molecular formula is C31H33N5O4. The topological polar surface area (TPSA) is 133 Å². The lowest BCUT2D eigenvalue weighted by atomic mass is 10.0. The van der Waals surface area contributed by atoms with Crippen LogP contribution in [0.5, 0.6) is 5.75 Å². The first-order chi connectivity index (χ1) is 19.4. The number of rotatable bonds is 12. The average Bonchev–Trinajstić information content (AvgIpc) is 3.55. The number of carboxylic acids is 1. The fourth-order valence-electron chi connectivity index (χ4n) is 5.06. The second-order valence-corrected chi connectivity index (χ2v) is 10.0. The van der Waals surface area contributed by atoms with Crippen LogP contribution in [0.15, 0.2) is 60.7 Å². The Hall–Kier alpha value is -4.66. The van der Waals surface area contributed by atoms with Crippen molar-refractivity contribution < 1.29 is 19.4 Å². The number of nitrogens with one attached hydrogen (secondary N) is 3. The van der Waals surface area contributed by atoms with Gasteiger partial charge in [0.05, 0.1) is 13.5 Å². The molecule has 4 N–H and O–H groups in total. The molecule has 0 spiro atoms. The van der Waals surface area contributed by atoms with E-state index < -0.39 is 12.0 Å². The van der Waals surface area contributed by atoms with Crippen molar-refractivity contribution in [1.29, 1.82) is 0 Å². The smallest absolute Gasteiger partial charge is 0.326 e. The number of benzene rings is 3. The van der Waals surface area contributed by atoms with Gasteiger partial charge in [-0.05, 0) is 60.4 Å². The summed E-state index contributed by atoms with van der Waals surface area (Å²) < 4.78 is 5.31. The summed E-state index contributed by atoms with van der Waals surface area (Å²) >= 11 is 0. The van der Waals surface area contributed by atoms with E-state index in [2.05, 4.69) is 49.7 Å². The highest BCUT2D eigenvalue weighted by molar-refractivity contribution is 5.92. The number of methoxy groups -OCH3 is 1. The highest BCUT2D eigenvalue weighted by Gasteiger charge is 2.21. The number of ether oxygens (including phenoxy) is 1. The molecule has 0 radical (unpaired) electrons. The van der Waals surface area contributed by atoms with Gasteiger partial charge in [0.1, 0.15) is 17.6 Å². The van der Waals surface area contributed by atoms with Crippen LogP contribution in [0.25, 0.3) is 33.1 Å². The van der Waals surface area contributed by atoms with Gasteiger partial charge in [0.25, 0.3) is 0 Å². The Balaban J connectivity index is 1.10. The van der Waals surface area contributed by atoms with E-state index in [1.54, 1.807) is 7.11 Å². The Kier molecular flexibility index (Phi) is 8.10. The minimum Gasteiger partial charge on any atom is -0.497 e. The SMILES string of the molecule is COc1ccc2[nH]c(C)c(CC(=O)N[C@@H](CCCCCc3nc(-c4ccc5ccccc5c4)n[nH]3)C(=O)O)c2c1. The summed E-state index contributed by atoms with van der Waals surface area (Å²) in [5.74, 6) is 0.824. The van der Waals surface area contributed by atoms with Gasteiger partial charge in [-0.2, -0.15) is 5.10 Å². The van der Waals surface area contributed by atoms with E-state index in [1.165, 1.54) is 5.39 Å². The fourth-order valence-corrected chi connectivity index (χ4v) is 5.06. The van der Waals surface area contributed by atoms with Crippen molar-refractivity contribution in [3.63, 3.8) is 0 Å². The summed E-state index contributed by atoms with van der Waals surface area (Å²) in [6.45, 7) is 1.91. The van der Waals surface area contributed by atoms with Crippen molar-refractivity contribution in [3.8, 4) is 17.1 Å². The first-order valence-electron chi connectivity index (χ1n) is 13.5. The van der Waals surface area contributed by atoms with Crippen molar-refractivity contribution in [2.24, 2.45) is 0 Å². The molecule has 5 rings (SSSR count). The Labute approximate surface area is 232 Å². The molecule has 0 unspecified atom stereocenters. The molecule has 0 aliphatic heterocycles. The van der Waals surface area contributed by atoms with Gasteiger partial charge >= 0.3 is 5.97 Å². The molecule has 0 fully saturated rings. The van der Waals surface area contributed by atoms with E-state index in [-0.39, 0.29) is 12.3 Å². The van der Waals surface area contributed by atoms with Crippen LogP contribution < -0.4 is 10.1 Å². The number of aromatic nitrogens is 4. The number of nitrogens with zero attached hydrogens (tertiary/aromatic N) is 2. The normalized spacial score (nSPS) is 12.1. The molecule has 2 aromatic heterocycles. The number of fused-ring (bicyclic) bond motifs is 2. The lowest BCUT2D eigenvalue weighted by Crippen LogP contribution is -2.41. The van der Waals surface area contributed by atoms with Gasteiger partial charge in [0, 0.05) is 28.6 Å². The van der Waals surface area contributed by atoms with E-state index in [4.69, 9.17) is 4.74 Å². The quantitative estimate of drug-likeness (QED) is 0.158. The number of unbranched alkanes of at least 4 members (excludes halogenated alkanes) is 2. The Morgan fingerprint density at radius 1 is 1.02 bits per heavy atom. The first kappa shape index (κ1) is 26.9. The maximum atomic E-state index is 12.8. The number of hydrogen-bond acceptors (Lipinski definition) is 5. The fraction of sp³-hybridized carbons (Fsp3) is 0.290. The van der Waals surface area contributed by atoms with Crippen LogP contribution >= 0.6 is 0 Å². The Morgan fingerprint density at radius 3 is 2.65 bits per heavy atom. The third-order valence-corrected chi connectivity index (χ3v) is 7.24. The monoisotopic (exact) mass is 539 g/mol. The summed E-state index contributed by atoms with van der Waals surface area (Å²) in [6, 6.07) is 19.1. The zero-order chi connectivity index (χ0) is 28.1. The second-order valence-electron chi connectivity index (χ2n) is 10.0. The van der Waals surface area contributed by atoms with Crippen molar-refractivity contribution in [2.75, 3.05) is 7.11 Å². The van der Waals surface area contributed by atoms with Crippen LogP contribution in [0.4, 0.5) is 0 Å². The van der Waals surface area contributed by atoms with Crippen LogP contribution in [0.1, 0.15) is 42.8 Å². The molecule has 9 nitrogen and oxygen atoms in total. The van der Waals surface area contributed by atoms with E-state index in [9.17, 15) is 14.7 Å². The number of aryl methyl sites for hydroxylation is 2. The zero-order valence-corrected chi connectivity index (χ0v) is 22.7. The van der Waals surface area contributed by atoms with Gasteiger partial charge in [-0.15, -0.1) is 0 Å². The predicted octanol–water partition coefficient (Wildman–Crippen LogP) is 5.34. The molecule has 9 heteroatoms. The minimum absolute atomic E-state index is 0.0911. The largest absolute Gasteiger partial charge is 0.497 e. The Bertz CT molecular complexity index is 1650. The van der Waals surface area contributed by atoms with Crippen LogP contribution in [-0.4, -0.2) is 50.3 Å². The second kappa shape index (κ2) is 12.0. The van der Waals surface area contributed by atoms with Crippen LogP contribution in [0.2, 0.25) is 0 Å². The summed E-state index contributed by atoms with van der Waals surface area (Å²) in [6.07, 6.45) is 3.49. The molecule has 0 aliphatic carbocycles. The molecule has 0 saturated carbocycles. The highest BCUT2D eigenvalue weighted by Crippen LogP contribution is 2.27. The molecule has 206 valence electrons. The van der Waals surface area contributed by atoms with Gasteiger partial charge in [0.2, 0.25) is 5.91 Å². The van der Waals surface area contributed by atoms with Crippen molar-refractivity contribution >= 4 is 33.6 Å². The average molecular weight is 540 g/mol. The zero-order valence-electron chi connectivity index (χ0n) is 22.7. The van der Waals surface area contributed by atoms with E-state index >= 15 is 0 Å². The van der Waals surface area contributed by atoms with Crippen molar-refractivity contribution in [1.82, 2.24) is 25.5 Å². The third-order valence-electron chi connectivity index (χ3n) is 7.24. The summed E-state index contributed by atoms with van der Waals surface area (Å²) in [4.78, 5) is 32.6. The summed E-state index contributed by atoms with van der Waals surface area (Å²) in [5.41, 5.74) is 3.59. The molecule has 0 aliphatic rings. The van der Waals surface area contributed by atoms with Gasteiger partial charge < -0.3 is 20.1 Å². The lowest BCUT2D eigenvalue weighted by molar-refractivity contribution is -0.142. The molecule has 3 aromatic carbocycles. The van der Waals surface area contributed by atoms with Crippen molar-refractivity contribution in [3.05, 3.63) is 77.7 Å². The van der Waals surface area contributed by atoms with Gasteiger partial charge in [0.15, 0.2) is 5.82 Å². The number of carbonyl (C=O) groups excluding carboxylic acids is 1. The van der Waals surface area contributed by atoms with Gasteiger partial charge in [-0.1, -0.05) is 49.2 Å². The van der Waals surface area contributed by atoms with E-state index in [0.717, 1.165) is 51.8 Å². The number of carbonyl (C=O) groups is 2. The maximum Gasteiger partial charge on any atom is 0.326 e. The van der Waals surface area contributed by atoms with Crippen LogP contribution in [0.3, 0.4) is 0 Å². The standard InChI is InChI=1S/C31H33N5O4/c1-19-24(25-17-23(40-2)14-15-26(25)32-19)18-29(37)33-27(31(38)39)10-4-3-5-11-28-34-30(36-35-28)22-13-12-20-8-6-7-9-21(20)16-22/h6-9,12-17,27,32H,3-5,10-11,18H2,1-2H3,(H,33,37)(H,38,39)(H,34,35,36)/t27-/m0/s1. The van der Waals surface area contributed by atoms with Crippen LogP contribution in [-0.2, 0) is 22.4 Å². The number of aliphatic carboxylic acids is 1. The highest BCUT2D eigenvalue weighted by atomic mass is 16.5. The molecule has 1 amide bonds. The third kappa shape index (κ3) is 6.14. The molecule has 5 aromatic rings. The van der Waals surface area contributed by atoms with Gasteiger partial charge in [-0.25, -0.2) is 9.78 Å². The van der Waals surface area contributed by atoms with Crippen LogP contribution in [0, 0.1) is 6.92 Å². The summed E-state index contributed by atoms with van der Waals surface area (Å²) in [7, 11) is 1.60. The number of hydrogen-bond donors (Lipinski definition) is 4. The number of aromatic amines is 2. The van der Waals surface area contributed by atoms with Gasteiger partial charge in [-0.3, -0.25) is 9.89 Å². The molecular weight excluding hydrogens is 506 g/mol. The Morgan fingerprint density at radius 2 is 1.85 bits per heavy atom. The maximum absolute atomic E-state index is 12.8. The molecule has 1 atom stereocenters. The number of carboxylic acid groups (broad SMARTS) is 1. The number of H-pyrrole nitrogens is 2. The van der Waals surface area contributed by atoms with Crippen molar-refractivity contribution in [2.45, 2.75) is 51.5 Å².